The number of hydrogen-bond donors (Lipinski definition) is 1. The van der Waals surface area contributed by atoms with Gasteiger partial charge in [-0.2, -0.15) is 0 Å². The molecule has 0 aliphatic carbocycles. The predicted molar refractivity (Wildman–Crippen MR) is 135 cm³/mol. The zero-order chi connectivity index (χ0) is 25.5. The Morgan fingerprint density at radius 3 is 2.26 bits per heavy atom. The monoisotopic (exact) mass is 509 g/mol. The van der Waals surface area contributed by atoms with E-state index in [1.54, 1.807) is 0 Å². The maximum atomic E-state index is 13.6. The first-order chi connectivity index (χ1) is 16.0. The number of hydrogen-bond acceptors (Lipinski definition) is 5. The summed E-state index contributed by atoms with van der Waals surface area (Å²) in [7, 11) is -2.39. The minimum Gasteiger partial charge on any atom is -0.495 e. The minimum absolute atomic E-state index is 0.107. The number of carbonyl (C=O) groups excluding carboxylic acids is 2. The highest BCUT2D eigenvalue weighted by Crippen LogP contribution is 2.30. The lowest BCUT2D eigenvalue weighted by Crippen LogP contribution is -2.53. The molecule has 1 N–H and O–H groups in total. The zero-order valence-electron chi connectivity index (χ0n) is 20.1. The van der Waals surface area contributed by atoms with Crippen LogP contribution in [0.25, 0.3) is 0 Å². The molecule has 0 aliphatic heterocycles. The van der Waals surface area contributed by atoms with E-state index >= 15 is 0 Å². The van der Waals surface area contributed by atoms with Crippen molar-refractivity contribution in [2.45, 2.75) is 45.8 Å². The van der Waals surface area contributed by atoms with Gasteiger partial charge in [-0.3, -0.25) is 13.9 Å². The smallest absolute Gasteiger partial charge is 0.244 e. The highest BCUT2D eigenvalue weighted by atomic mass is 35.5. The maximum absolute atomic E-state index is 13.6. The molecule has 0 radical (unpaired) electrons. The summed E-state index contributed by atoms with van der Waals surface area (Å²) in [6.45, 7) is 5.16. The van der Waals surface area contributed by atoms with Gasteiger partial charge in [0.2, 0.25) is 21.8 Å². The minimum atomic E-state index is -3.84. The average Bonchev–Trinajstić information content (AvgIpc) is 2.76. The Balaban J connectivity index is 2.44. The van der Waals surface area contributed by atoms with Gasteiger partial charge < -0.3 is 15.0 Å². The standard InChI is InChI=1S/C24H32ClN3O5S/c1-6-21(24(30)26-17(2)3)27(15-18-10-8-7-9-11-18)23(29)16-28(34(5,31)32)19-12-13-22(33-4)20(25)14-19/h7-14,17,21H,6,15-16H2,1-5H3,(H,26,30). The van der Waals surface area contributed by atoms with E-state index in [0.717, 1.165) is 16.1 Å². The molecule has 0 heterocycles. The van der Waals surface area contributed by atoms with E-state index in [4.69, 9.17) is 16.3 Å². The lowest BCUT2D eigenvalue weighted by Gasteiger charge is -2.33. The van der Waals surface area contributed by atoms with E-state index in [1.807, 2.05) is 51.1 Å². The molecule has 2 aromatic carbocycles. The third kappa shape index (κ3) is 7.36. The Hall–Kier alpha value is -2.78. The van der Waals surface area contributed by atoms with Gasteiger partial charge >= 0.3 is 0 Å². The van der Waals surface area contributed by atoms with Crippen LogP contribution < -0.4 is 14.4 Å². The molecule has 0 saturated heterocycles. The second-order valence-electron chi connectivity index (χ2n) is 8.18. The summed E-state index contributed by atoms with van der Waals surface area (Å²) in [5.74, 6) is -0.417. The van der Waals surface area contributed by atoms with Crippen molar-refractivity contribution in [2.24, 2.45) is 0 Å². The molecule has 0 bridgehead atoms. The molecule has 0 aliphatic rings. The molecule has 8 nitrogen and oxygen atoms in total. The summed E-state index contributed by atoms with van der Waals surface area (Å²) in [5, 5.41) is 3.07. The number of nitrogens with zero attached hydrogens (tertiary/aromatic N) is 2. The Morgan fingerprint density at radius 1 is 1.12 bits per heavy atom. The topological polar surface area (TPSA) is 96.0 Å². The number of methoxy groups -OCH3 is 1. The molecule has 186 valence electrons. The lowest BCUT2D eigenvalue weighted by molar-refractivity contribution is -0.140. The van der Waals surface area contributed by atoms with E-state index in [2.05, 4.69) is 5.32 Å². The van der Waals surface area contributed by atoms with Gasteiger partial charge in [-0.25, -0.2) is 8.42 Å². The SMILES string of the molecule is CCC(C(=O)NC(C)C)N(Cc1ccccc1)C(=O)CN(c1ccc(OC)c(Cl)c1)S(C)(=O)=O. The van der Waals surface area contributed by atoms with Crippen LogP contribution in [0.2, 0.25) is 5.02 Å². The van der Waals surface area contributed by atoms with Crippen LogP contribution in [0.4, 0.5) is 5.69 Å². The zero-order valence-corrected chi connectivity index (χ0v) is 21.7. The number of halogens is 1. The molecule has 1 unspecified atom stereocenters. The molecule has 2 amide bonds. The van der Waals surface area contributed by atoms with Crippen molar-refractivity contribution in [3.05, 3.63) is 59.1 Å². The van der Waals surface area contributed by atoms with Gasteiger partial charge in [-0.15, -0.1) is 0 Å². The number of nitrogens with one attached hydrogen (secondary N) is 1. The number of rotatable bonds is 11. The van der Waals surface area contributed by atoms with E-state index < -0.39 is 28.5 Å². The molecule has 0 aromatic heterocycles. The van der Waals surface area contributed by atoms with E-state index in [9.17, 15) is 18.0 Å². The van der Waals surface area contributed by atoms with E-state index in [0.29, 0.717) is 12.2 Å². The van der Waals surface area contributed by atoms with Crippen LogP contribution in [0.1, 0.15) is 32.8 Å². The number of amides is 2. The first kappa shape index (κ1) is 27.5. The summed E-state index contributed by atoms with van der Waals surface area (Å²) < 4.78 is 31.4. The van der Waals surface area contributed by atoms with Crippen LogP contribution in [0, 0.1) is 0 Å². The Bertz CT molecular complexity index is 1090. The molecule has 0 spiro atoms. The Morgan fingerprint density at radius 2 is 1.76 bits per heavy atom. The summed E-state index contributed by atoms with van der Waals surface area (Å²) in [6.07, 6.45) is 1.38. The van der Waals surface area contributed by atoms with Gasteiger partial charge in [-0.1, -0.05) is 48.9 Å². The molecule has 0 fully saturated rings. The van der Waals surface area contributed by atoms with E-state index in [1.165, 1.54) is 30.2 Å². The van der Waals surface area contributed by atoms with Gasteiger partial charge in [-0.05, 0) is 44.0 Å². The van der Waals surface area contributed by atoms with Gasteiger partial charge in [0.1, 0.15) is 18.3 Å². The van der Waals surface area contributed by atoms with Crippen molar-refractivity contribution in [3.63, 3.8) is 0 Å². The third-order valence-corrected chi connectivity index (χ3v) is 6.55. The van der Waals surface area contributed by atoms with Gasteiger partial charge in [0.15, 0.2) is 0 Å². The van der Waals surface area contributed by atoms with Crippen LogP contribution in [0.5, 0.6) is 5.75 Å². The fourth-order valence-electron chi connectivity index (χ4n) is 3.50. The molecule has 10 heteroatoms. The number of anilines is 1. The molecule has 2 rings (SSSR count). The second kappa shape index (κ2) is 12.1. The van der Waals surface area contributed by atoms with Crippen molar-refractivity contribution >= 4 is 39.1 Å². The first-order valence-corrected chi connectivity index (χ1v) is 13.2. The Labute approximate surface area is 206 Å². The third-order valence-electron chi connectivity index (χ3n) is 5.12. The van der Waals surface area contributed by atoms with Crippen molar-refractivity contribution in [1.82, 2.24) is 10.2 Å². The number of carbonyl (C=O) groups is 2. The maximum Gasteiger partial charge on any atom is 0.244 e. The molecule has 2 aromatic rings. The van der Waals surface area contributed by atoms with Crippen molar-refractivity contribution < 1.29 is 22.7 Å². The quantitative estimate of drug-likeness (QED) is 0.500. The van der Waals surface area contributed by atoms with Crippen molar-refractivity contribution in [2.75, 3.05) is 24.2 Å². The Kier molecular flexibility index (Phi) is 9.76. The number of ether oxygens (including phenoxy) is 1. The largest absolute Gasteiger partial charge is 0.495 e. The molecule has 34 heavy (non-hydrogen) atoms. The van der Waals surface area contributed by atoms with E-state index in [-0.39, 0.29) is 29.2 Å². The molecule has 0 saturated carbocycles. The molecule has 1 atom stereocenters. The average molecular weight is 510 g/mol. The summed E-state index contributed by atoms with van der Waals surface area (Å²) in [6, 6.07) is 12.9. The summed E-state index contributed by atoms with van der Waals surface area (Å²) in [4.78, 5) is 27.9. The molecular formula is C24H32ClN3O5S. The summed E-state index contributed by atoms with van der Waals surface area (Å²) >= 11 is 6.20. The van der Waals surface area contributed by atoms with Crippen LogP contribution in [-0.2, 0) is 26.2 Å². The van der Waals surface area contributed by atoms with Gasteiger partial charge in [0, 0.05) is 12.6 Å². The lowest BCUT2D eigenvalue weighted by atomic mass is 10.1. The highest BCUT2D eigenvalue weighted by Gasteiger charge is 2.32. The number of benzene rings is 2. The van der Waals surface area contributed by atoms with Crippen LogP contribution in [0.3, 0.4) is 0 Å². The summed E-state index contributed by atoms with van der Waals surface area (Å²) in [5.41, 5.74) is 1.05. The number of sulfonamides is 1. The highest BCUT2D eigenvalue weighted by molar-refractivity contribution is 7.92. The second-order valence-corrected chi connectivity index (χ2v) is 10.5. The van der Waals surface area contributed by atoms with Crippen LogP contribution in [-0.4, -0.2) is 57.1 Å². The normalized spacial score (nSPS) is 12.2. The van der Waals surface area contributed by atoms with Crippen LogP contribution >= 0.6 is 11.6 Å². The fraction of sp³-hybridized carbons (Fsp3) is 0.417. The van der Waals surface area contributed by atoms with Crippen molar-refractivity contribution in [1.29, 1.82) is 0 Å². The fourth-order valence-corrected chi connectivity index (χ4v) is 4.60. The van der Waals surface area contributed by atoms with Gasteiger partial charge in [0.05, 0.1) is 24.1 Å². The van der Waals surface area contributed by atoms with Crippen LogP contribution in [0.15, 0.2) is 48.5 Å². The predicted octanol–water partition coefficient (Wildman–Crippen LogP) is 3.45. The van der Waals surface area contributed by atoms with Crippen molar-refractivity contribution in [3.8, 4) is 5.75 Å². The first-order valence-electron chi connectivity index (χ1n) is 10.9. The molecular weight excluding hydrogens is 478 g/mol. The van der Waals surface area contributed by atoms with Gasteiger partial charge in [0.25, 0.3) is 0 Å².